The fraction of sp³-hybridized carbons (Fsp3) is 1.00. The van der Waals surface area contributed by atoms with Crippen molar-refractivity contribution in [3.05, 3.63) is 0 Å². The van der Waals surface area contributed by atoms with Gasteiger partial charge in [-0.3, -0.25) is 0 Å². The molecule has 1 rings (SSSR count). The lowest BCUT2D eigenvalue weighted by Gasteiger charge is -2.34. The second-order valence-electron chi connectivity index (χ2n) is 5.25. The zero-order valence-electron chi connectivity index (χ0n) is 12.8. The van der Waals surface area contributed by atoms with Crippen LogP contribution in [-0.2, 0) is 13.3 Å². The summed E-state index contributed by atoms with van der Waals surface area (Å²) in [6.45, 7) is 7.86. The molecule has 2 N–H and O–H groups in total. The van der Waals surface area contributed by atoms with Crippen molar-refractivity contribution in [2.24, 2.45) is 11.7 Å². The van der Waals surface area contributed by atoms with Crippen LogP contribution in [0.2, 0.25) is 6.04 Å². The van der Waals surface area contributed by atoms with Crippen molar-refractivity contribution in [3.63, 3.8) is 0 Å². The fourth-order valence-electron chi connectivity index (χ4n) is 2.98. The summed E-state index contributed by atoms with van der Waals surface area (Å²) in [6.07, 6.45) is 6.47. The van der Waals surface area contributed by atoms with Crippen LogP contribution in [0.3, 0.4) is 0 Å². The van der Waals surface area contributed by atoms with Crippen molar-refractivity contribution < 1.29 is 13.3 Å². The average Bonchev–Trinajstić information content (AvgIpc) is 2.40. The third-order valence-electron chi connectivity index (χ3n) is 3.83. The average molecular weight is 289 g/mol. The lowest BCUT2D eigenvalue weighted by Crippen LogP contribution is -2.51. The molecule has 0 aromatic heterocycles. The van der Waals surface area contributed by atoms with Crippen molar-refractivity contribution in [2.45, 2.75) is 65.0 Å². The topological polar surface area (TPSA) is 53.7 Å². The highest BCUT2D eigenvalue weighted by atomic mass is 28.4. The Labute approximate surface area is 119 Å². The van der Waals surface area contributed by atoms with Gasteiger partial charge in [-0.05, 0) is 39.5 Å². The fourth-order valence-corrected chi connectivity index (χ4v) is 5.81. The maximum Gasteiger partial charge on any atom is 0.502 e. The van der Waals surface area contributed by atoms with E-state index in [1.165, 1.54) is 32.1 Å². The van der Waals surface area contributed by atoms with Gasteiger partial charge in [-0.1, -0.05) is 19.3 Å². The Hall–Kier alpha value is 0.0569. The van der Waals surface area contributed by atoms with E-state index in [-0.39, 0.29) is 6.04 Å². The van der Waals surface area contributed by atoms with Crippen LogP contribution >= 0.6 is 0 Å². The molecule has 0 aromatic carbocycles. The highest BCUT2D eigenvalue weighted by molar-refractivity contribution is 6.60. The Bertz CT molecular complexity index is 218. The molecule has 0 radical (unpaired) electrons. The van der Waals surface area contributed by atoms with Crippen LogP contribution in [0, 0.1) is 5.92 Å². The maximum atomic E-state index is 6.42. The molecule has 0 saturated heterocycles. The van der Waals surface area contributed by atoms with Crippen LogP contribution in [0.4, 0.5) is 0 Å². The van der Waals surface area contributed by atoms with Crippen LogP contribution in [0.15, 0.2) is 0 Å². The second kappa shape index (κ2) is 9.08. The molecule has 0 spiro atoms. The van der Waals surface area contributed by atoms with E-state index in [9.17, 15) is 0 Å². The summed E-state index contributed by atoms with van der Waals surface area (Å²) >= 11 is 0. The molecule has 0 heterocycles. The molecule has 0 aliphatic heterocycles. The molecule has 4 nitrogen and oxygen atoms in total. The van der Waals surface area contributed by atoms with Crippen molar-refractivity contribution in [1.29, 1.82) is 0 Å². The maximum absolute atomic E-state index is 6.42. The standard InChI is InChI=1S/C14H31NO3Si/c1-4-16-19(17-5-2,18-6-3)12-14(15)13-10-8-7-9-11-13/h13-14H,4-12,15H2,1-3H3. The minimum Gasteiger partial charge on any atom is -0.374 e. The Morgan fingerprint density at radius 1 is 0.947 bits per heavy atom. The lowest BCUT2D eigenvalue weighted by molar-refractivity contribution is 0.0670. The molecule has 1 unspecified atom stereocenters. The second-order valence-corrected chi connectivity index (χ2v) is 7.89. The van der Waals surface area contributed by atoms with Gasteiger partial charge in [0.15, 0.2) is 0 Å². The van der Waals surface area contributed by atoms with Gasteiger partial charge in [0.1, 0.15) is 0 Å². The summed E-state index contributed by atoms with van der Waals surface area (Å²) in [5, 5.41) is 0. The van der Waals surface area contributed by atoms with E-state index in [4.69, 9.17) is 19.0 Å². The van der Waals surface area contributed by atoms with Gasteiger partial charge in [-0.15, -0.1) is 0 Å². The van der Waals surface area contributed by atoms with Crippen LogP contribution in [0.1, 0.15) is 52.9 Å². The number of nitrogens with two attached hydrogens (primary N) is 1. The normalized spacial score (nSPS) is 19.6. The largest absolute Gasteiger partial charge is 0.502 e. The van der Waals surface area contributed by atoms with Gasteiger partial charge < -0.3 is 19.0 Å². The molecule has 1 atom stereocenters. The first kappa shape index (κ1) is 17.1. The van der Waals surface area contributed by atoms with E-state index in [1.807, 2.05) is 20.8 Å². The molecule has 1 saturated carbocycles. The first-order valence-corrected chi connectivity index (χ1v) is 9.78. The van der Waals surface area contributed by atoms with E-state index in [1.54, 1.807) is 0 Å². The highest BCUT2D eigenvalue weighted by Crippen LogP contribution is 2.30. The van der Waals surface area contributed by atoms with E-state index in [2.05, 4.69) is 0 Å². The first-order chi connectivity index (χ1) is 9.17. The number of hydrogen-bond donors (Lipinski definition) is 1. The van der Waals surface area contributed by atoms with E-state index >= 15 is 0 Å². The van der Waals surface area contributed by atoms with E-state index in [0.29, 0.717) is 25.7 Å². The Balaban J connectivity index is 2.62. The molecule has 19 heavy (non-hydrogen) atoms. The highest BCUT2D eigenvalue weighted by Gasteiger charge is 2.43. The monoisotopic (exact) mass is 289 g/mol. The predicted molar refractivity (Wildman–Crippen MR) is 80.0 cm³/mol. The summed E-state index contributed by atoms with van der Waals surface area (Å²) in [7, 11) is -2.57. The lowest BCUT2D eigenvalue weighted by atomic mass is 9.85. The zero-order chi connectivity index (χ0) is 14.1. The summed E-state index contributed by atoms with van der Waals surface area (Å²) < 4.78 is 17.7. The zero-order valence-corrected chi connectivity index (χ0v) is 13.8. The predicted octanol–water partition coefficient (Wildman–Crippen LogP) is 2.94. The number of hydrogen-bond acceptors (Lipinski definition) is 4. The van der Waals surface area contributed by atoms with Gasteiger partial charge in [-0.2, -0.15) is 0 Å². The minimum atomic E-state index is -2.57. The quantitative estimate of drug-likeness (QED) is 0.663. The Morgan fingerprint density at radius 2 is 1.42 bits per heavy atom. The summed E-state index contributed by atoms with van der Waals surface area (Å²) in [5.41, 5.74) is 6.42. The Morgan fingerprint density at radius 3 is 1.84 bits per heavy atom. The van der Waals surface area contributed by atoms with Gasteiger partial charge in [0.2, 0.25) is 0 Å². The molecule has 0 bridgehead atoms. The third kappa shape index (κ3) is 5.51. The van der Waals surface area contributed by atoms with Gasteiger partial charge >= 0.3 is 8.80 Å². The first-order valence-electron chi connectivity index (χ1n) is 7.84. The van der Waals surface area contributed by atoms with Gasteiger partial charge in [0.05, 0.1) is 0 Å². The smallest absolute Gasteiger partial charge is 0.374 e. The SMILES string of the molecule is CCO[Si](CC(N)C1CCCCC1)(OCC)OCC. The molecular weight excluding hydrogens is 258 g/mol. The van der Waals surface area contributed by atoms with Gasteiger partial charge in [-0.25, -0.2) is 0 Å². The van der Waals surface area contributed by atoms with Crippen LogP contribution in [0.25, 0.3) is 0 Å². The number of rotatable bonds is 9. The molecule has 0 aromatic rings. The Kier molecular flexibility index (Phi) is 8.17. The van der Waals surface area contributed by atoms with E-state index < -0.39 is 8.80 Å². The van der Waals surface area contributed by atoms with Crippen LogP contribution in [-0.4, -0.2) is 34.7 Å². The molecule has 0 amide bonds. The molecule has 114 valence electrons. The van der Waals surface area contributed by atoms with Crippen LogP contribution < -0.4 is 5.73 Å². The van der Waals surface area contributed by atoms with Crippen molar-refractivity contribution >= 4 is 8.80 Å². The molecule has 1 aliphatic rings. The van der Waals surface area contributed by atoms with E-state index in [0.717, 1.165) is 6.04 Å². The minimum absolute atomic E-state index is 0.150. The molecule has 1 fully saturated rings. The summed E-state index contributed by atoms with van der Waals surface area (Å²) in [5.74, 6) is 0.613. The van der Waals surface area contributed by atoms with Gasteiger partial charge in [0, 0.05) is 31.9 Å². The molecule has 5 heteroatoms. The van der Waals surface area contributed by atoms with Gasteiger partial charge in [0.25, 0.3) is 0 Å². The van der Waals surface area contributed by atoms with Crippen molar-refractivity contribution in [1.82, 2.24) is 0 Å². The van der Waals surface area contributed by atoms with Crippen molar-refractivity contribution in [3.8, 4) is 0 Å². The summed E-state index contributed by atoms with van der Waals surface area (Å²) in [6, 6.07) is 0.907. The van der Waals surface area contributed by atoms with Crippen molar-refractivity contribution in [2.75, 3.05) is 19.8 Å². The van der Waals surface area contributed by atoms with Crippen LogP contribution in [0.5, 0.6) is 0 Å². The third-order valence-corrected chi connectivity index (χ3v) is 6.99. The molecule has 1 aliphatic carbocycles. The molecular formula is C14H31NO3Si. The summed E-state index contributed by atoms with van der Waals surface area (Å²) in [4.78, 5) is 0.